The van der Waals surface area contributed by atoms with Crippen LogP contribution < -0.4 is 14.8 Å². The molecular weight excluding hydrogens is 358 g/mol. The normalized spacial score (nSPS) is 10.8. The lowest BCUT2D eigenvalue weighted by Gasteiger charge is -2.06. The van der Waals surface area contributed by atoms with Gasteiger partial charge in [-0.3, -0.25) is 10.1 Å². The minimum Gasteiger partial charge on any atom is -0.497 e. The Labute approximate surface area is 151 Å². The Hall–Kier alpha value is -3.40. The molecule has 0 spiro atoms. The van der Waals surface area contributed by atoms with Gasteiger partial charge < -0.3 is 13.9 Å². The van der Waals surface area contributed by atoms with Crippen LogP contribution in [0.25, 0.3) is 16.5 Å². The maximum Gasteiger partial charge on any atom is 0.264 e. The monoisotopic (exact) mass is 371 g/mol. The second kappa shape index (κ2) is 6.84. The van der Waals surface area contributed by atoms with E-state index in [2.05, 4.69) is 20.6 Å². The van der Waals surface area contributed by atoms with Crippen molar-refractivity contribution in [3.8, 4) is 23.1 Å². The van der Waals surface area contributed by atoms with E-state index in [9.17, 15) is 4.79 Å². The number of nitrogens with one attached hydrogen (secondary N) is 1. The van der Waals surface area contributed by atoms with Crippen LogP contribution in [0.15, 0.2) is 47.1 Å². The van der Waals surface area contributed by atoms with Crippen molar-refractivity contribution in [1.29, 1.82) is 0 Å². The maximum atomic E-state index is 12.1. The van der Waals surface area contributed by atoms with Crippen LogP contribution in [0.4, 0.5) is 5.13 Å². The molecule has 0 unspecified atom stereocenters. The van der Waals surface area contributed by atoms with Crippen molar-refractivity contribution in [2.75, 3.05) is 19.0 Å². The number of fused-ring (bicyclic) bond motifs is 1. The predicted octanol–water partition coefficient (Wildman–Crippen LogP) is 2.47. The zero-order valence-electron chi connectivity index (χ0n) is 13.6. The summed E-state index contributed by atoms with van der Waals surface area (Å²) in [6, 6.07) is 10.5. The van der Waals surface area contributed by atoms with E-state index >= 15 is 0 Å². The molecule has 4 rings (SSSR count). The highest BCUT2D eigenvalue weighted by molar-refractivity contribution is 7.20. The fourth-order valence-corrected chi connectivity index (χ4v) is 2.96. The highest BCUT2D eigenvalue weighted by atomic mass is 32.1. The van der Waals surface area contributed by atoms with E-state index in [1.807, 2.05) is 0 Å². The molecule has 0 fully saturated rings. The molecule has 1 amide bonds. The first-order chi connectivity index (χ1) is 12.7. The summed E-state index contributed by atoms with van der Waals surface area (Å²) in [5.74, 6) is 1.97. The largest absolute Gasteiger partial charge is 0.497 e. The van der Waals surface area contributed by atoms with Crippen molar-refractivity contribution in [2.45, 2.75) is 0 Å². The topological polar surface area (TPSA) is 104 Å². The molecule has 10 heteroatoms. The number of anilines is 1. The van der Waals surface area contributed by atoms with Crippen LogP contribution in [0, 0.1) is 0 Å². The van der Waals surface area contributed by atoms with Gasteiger partial charge in [-0.05, 0) is 36.4 Å². The van der Waals surface area contributed by atoms with Crippen LogP contribution in [-0.4, -0.2) is 39.4 Å². The van der Waals surface area contributed by atoms with E-state index in [4.69, 9.17) is 13.9 Å². The number of nitrogens with zero attached hydrogens (tertiary/aromatic N) is 4. The van der Waals surface area contributed by atoms with Crippen LogP contribution in [-0.2, 0) is 4.79 Å². The van der Waals surface area contributed by atoms with Gasteiger partial charge in [-0.25, -0.2) is 0 Å². The van der Waals surface area contributed by atoms with Gasteiger partial charge in [0.1, 0.15) is 11.5 Å². The van der Waals surface area contributed by atoms with Gasteiger partial charge in [0.05, 0.1) is 13.4 Å². The van der Waals surface area contributed by atoms with E-state index in [0.29, 0.717) is 33.2 Å². The van der Waals surface area contributed by atoms with E-state index in [1.165, 1.54) is 15.9 Å². The third-order valence-electron chi connectivity index (χ3n) is 3.41. The minimum atomic E-state index is -0.328. The van der Waals surface area contributed by atoms with Gasteiger partial charge in [0.25, 0.3) is 5.91 Å². The summed E-state index contributed by atoms with van der Waals surface area (Å²) in [5.41, 5.74) is 0. The lowest BCUT2D eigenvalue weighted by molar-refractivity contribution is -0.118. The average molecular weight is 371 g/mol. The molecule has 0 atom stereocenters. The van der Waals surface area contributed by atoms with Gasteiger partial charge >= 0.3 is 0 Å². The molecule has 1 N–H and O–H groups in total. The Kier molecular flexibility index (Phi) is 4.23. The van der Waals surface area contributed by atoms with E-state index in [1.54, 1.807) is 49.8 Å². The van der Waals surface area contributed by atoms with Crippen LogP contribution in [0.1, 0.15) is 0 Å². The van der Waals surface area contributed by atoms with Gasteiger partial charge in [-0.15, -0.1) is 15.3 Å². The van der Waals surface area contributed by atoms with Gasteiger partial charge in [-0.1, -0.05) is 11.3 Å². The first-order valence-electron chi connectivity index (χ1n) is 7.56. The van der Waals surface area contributed by atoms with Crippen molar-refractivity contribution < 1.29 is 18.7 Å². The second-order valence-corrected chi connectivity index (χ2v) is 6.07. The standard InChI is InChI=1S/C16H13N5O4S/c1-23-10-4-6-11(7-5-10)25-9-13(22)17-15-20-21-14(12-3-2-8-24-12)18-19-16(21)26-15/h2-8H,9H2,1H3,(H,17,20,22). The van der Waals surface area contributed by atoms with E-state index in [0.717, 1.165) is 0 Å². The number of aromatic nitrogens is 4. The molecule has 0 saturated heterocycles. The van der Waals surface area contributed by atoms with E-state index in [-0.39, 0.29) is 12.5 Å². The number of rotatable bonds is 6. The Morgan fingerprint density at radius 1 is 1.23 bits per heavy atom. The number of hydrogen-bond donors (Lipinski definition) is 1. The lowest BCUT2D eigenvalue weighted by atomic mass is 10.3. The molecule has 26 heavy (non-hydrogen) atoms. The summed E-state index contributed by atoms with van der Waals surface area (Å²) in [6.07, 6.45) is 1.54. The summed E-state index contributed by atoms with van der Waals surface area (Å²) in [4.78, 5) is 12.6. The Morgan fingerprint density at radius 3 is 2.77 bits per heavy atom. The van der Waals surface area contributed by atoms with Gasteiger partial charge in [-0.2, -0.15) is 4.52 Å². The zero-order chi connectivity index (χ0) is 17.9. The third kappa shape index (κ3) is 3.22. The summed E-state index contributed by atoms with van der Waals surface area (Å²) < 4.78 is 17.3. The predicted molar refractivity (Wildman–Crippen MR) is 93.5 cm³/mol. The number of ether oxygens (including phenoxy) is 2. The number of furan rings is 1. The van der Waals surface area contributed by atoms with E-state index < -0.39 is 0 Å². The lowest BCUT2D eigenvalue weighted by Crippen LogP contribution is -2.20. The Balaban J connectivity index is 1.41. The molecule has 0 radical (unpaired) electrons. The average Bonchev–Trinajstić information content (AvgIpc) is 3.37. The van der Waals surface area contributed by atoms with Crippen molar-refractivity contribution >= 4 is 27.3 Å². The van der Waals surface area contributed by atoms with Crippen LogP contribution >= 0.6 is 11.3 Å². The van der Waals surface area contributed by atoms with Gasteiger partial charge in [0, 0.05) is 0 Å². The molecule has 132 valence electrons. The van der Waals surface area contributed by atoms with Crippen molar-refractivity contribution in [3.63, 3.8) is 0 Å². The number of methoxy groups -OCH3 is 1. The zero-order valence-corrected chi connectivity index (χ0v) is 14.4. The number of hydrogen-bond acceptors (Lipinski definition) is 8. The molecule has 0 saturated carbocycles. The quantitative estimate of drug-likeness (QED) is 0.555. The third-order valence-corrected chi connectivity index (χ3v) is 4.22. The Bertz CT molecular complexity index is 1020. The first kappa shape index (κ1) is 16.1. The highest BCUT2D eigenvalue weighted by Crippen LogP contribution is 2.24. The van der Waals surface area contributed by atoms with Crippen molar-refractivity contribution in [2.24, 2.45) is 0 Å². The second-order valence-electron chi connectivity index (χ2n) is 5.11. The first-order valence-corrected chi connectivity index (χ1v) is 8.37. The molecule has 3 aromatic heterocycles. The van der Waals surface area contributed by atoms with Gasteiger partial charge in [0.2, 0.25) is 15.9 Å². The SMILES string of the molecule is COc1ccc(OCC(=O)Nc2nn3c(-c4ccco4)nnc3s2)cc1. The summed E-state index contributed by atoms with van der Waals surface area (Å²) in [5, 5.41) is 15.4. The number of carbonyl (C=O) groups is 1. The molecule has 3 heterocycles. The smallest absolute Gasteiger partial charge is 0.264 e. The fourth-order valence-electron chi connectivity index (χ4n) is 2.20. The molecular formula is C16H13N5O4S. The molecule has 0 bridgehead atoms. The summed E-state index contributed by atoms with van der Waals surface area (Å²) in [6.45, 7) is -0.141. The van der Waals surface area contributed by atoms with Crippen molar-refractivity contribution in [3.05, 3.63) is 42.7 Å². The number of amides is 1. The van der Waals surface area contributed by atoms with Crippen LogP contribution in [0.5, 0.6) is 11.5 Å². The summed E-state index contributed by atoms with van der Waals surface area (Å²) >= 11 is 1.20. The van der Waals surface area contributed by atoms with Crippen LogP contribution in [0.2, 0.25) is 0 Å². The highest BCUT2D eigenvalue weighted by Gasteiger charge is 2.16. The number of carbonyl (C=O) groups excluding carboxylic acids is 1. The molecule has 0 aliphatic heterocycles. The maximum absolute atomic E-state index is 12.1. The van der Waals surface area contributed by atoms with Gasteiger partial charge in [0.15, 0.2) is 12.4 Å². The minimum absolute atomic E-state index is 0.141. The van der Waals surface area contributed by atoms with Crippen LogP contribution in [0.3, 0.4) is 0 Å². The Morgan fingerprint density at radius 2 is 2.04 bits per heavy atom. The molecule has 0 aliphatic carbocycles. The van der Waals surface area contributed by atoms with Crippen molar-refractivity contribution in [1.82, 2.24) is 19.8 Å². The molecule has 1 aromatic carbocycles. The fraction of sp³-hybridized carbons (Fsp3) is 0.125. The summed E-state index contributed by atoms with van der Waals surface area (Å²) in [7, 11) is 1.58. The number of benzene rings is 1. The molecule has 9 nitrogen and oxygen atoms in total. The molecule has 4 aromatic rings. The molecule has 0 aliphatic rings.